The predicted octanol–water partition coefficient (Wildman–Crippen LogP) is 11.6. The maximum Gasteiger partial charge on any atom is 0.469 e. The molecule has 0 aliphatic heterocycles. The summed E-state index contributed by atoms with van der Waals surface area (Å²) in [5.41, 5.74) is 0. The Hall–Kier alpha value is -1.99. The lowest BCUT2D eigenvalue weighted by Crippen LogP contribution is -2.29. The molecule has 0 saturated carbocycles. The van der Waals surface area contributed by atoms with Crippen LogP contribution in [0, 0.1) is 0 Å². The van der Waals surface area contributed by atoms with Crippen LogP contribution >= 0.6 is 7.82 Å². The van der Waals surface area contributed by atoms with Gasteiger partial charge in [-0.25, -0.2) is 4.57 Å². The Labute approximate surface area is 299 Å². The first-order chi connectivity index (χ1) is 23.8. The number of esters is 2. The number of carbonyl (C=O) groups excluding carboxylic acids is 2. The summed E-state index contributed by atoms with van der Waals surface area (Å²) >= 11 is 0. The third-order valence-electron chi connectivity index (χ3n) is 8.07. The molecule has 0 aromatic heterocycles. The van der Waals surface area contributed by atoms with Crippen LogP contribution in [0.1, 0.15) is 174 Å². The van der Waals surface area contributed by atoms with Crippen molar-refractivity contribution in [2.45, 2.75) is 180 Å². The van der Waals surface area contributed by atoms with E-state index in [0.717, 1.165) is 77.0 Å². The maximum absolute atomic E-state index is 12.4. The van der Waals surface area contributed by atoms with E-state index in [1.165, 1.54) is 57.8 Å². The van der Waals surface area contributed by atoms with Gasteiger partial charge in [0.05, 0.1) is 6.61 Å². The van der Waals surface area contributed by atoms with Crippen LogP contribution in [-0.2, 0) is 28.2 Å². The van der Waals surface area contributed by atoms with Crippen LogP contribution in [0.25, 0.3) is 0 Å². The highest BCUT2D eigenvalue weighted by Crippen LogP contribution is 2.36. The molecule has 9 heteroatoms. The SMILES string of the molecule is CCCC/C=C/C/C=C/CCCCCCCC(=O)OC[C@H](COP(=O)(O)O)OC(=O)CCCCCCCCC/C=C/C/C=C/CCCCC. The van der Waals surface area contributed by atoms with Gasteiger partial charge < -0.3 is 19.3 Å². The van der Waals surface area contributed by atoms with Crippen molar-refractivity contribution in [3.05, 3.63) is 48.6 Å². The predicted molar refractivity (Wildman–Crippen MR) is 202 cm³/mol. The summed E-state index contributed by atoms with van der Waals surface area (Å²) in [7, 11) is -4.76. The second-order valence-corrected chi connectivity index (χ2v) is 14.1. The topological polar surface area (TPSA) is 119 Å². The summed E-state index contributed by atoms with van der Waals surface area (Å²) in [4.78, 5) is 42.7. The lowest BCUT2D eigenvalue weighted by Gasteiger charge is -2.18. The highest BCUT2D eigenvalue weighted by atomic mass is 31.2. The normalized spacial score (nSPS) is 13.0. The van der Waals surface area contributed by atoms with Crippen LogP contribution in [-0.4, -0.2) is 41.0 Å². The second-order valence-electron chi connectivity index (χ2n) is 12.9. The van der Waals surface area contributed by atoms with Gasteiger partial charge in [-0.05, 0) is 70.6 Å². The minimum atomic E-state index is -4.76. The Morgan fingerprint density at radius 3 is 1.41 bits per heavy atom. The van der Waals surface area contributed by atoms with Crippen molar-refractivity contribution >= 4 is 19.8 Å². The molecule has 0 spiro atoms. The molecule has 0 heterocycles. The van der Waals surface area contributed by atoms with Gasteiger partial charge in [0.1, 0.15) is 6.61 Å². The van der Waals surface area contributed by atoms with Gasteiger partial charge in [0.2, 0.25) is 0 Å². The zero-order valence-corrected chi connectivity index (χ0v) is 32.0. The van der Waals surface area contributed by atoms with Crippen LogP contribution in [0.3, 0.4) is 0 Å². The second kappa shape index (κ2) is 35.8. The van der Waals surface area contributed by atoms with Gasteiger partial charge in [-0.2, -0.15) is 0 Å². The van der Waals surface area contributed by atoms with E-state index >= 15 is 0 Å². The maximum atomic E-state index is 12.4. The summed E-state index contributed by atoms with van der Waals surface area (Å²) < 4.78 is 26.3. The Morgan fingerprint density at radius 1 is 0.531 bits per heavy atom. The van der Waals surface area contributed by atoms with Crippen molar-refractivity contribution in [1.29, 1.82) is 0 Å². The van der Waals surface area contributed by atoms with Crippen molar-refractivity contribution < 1.29 is 37.9 Å². The quantitative estimate of drug-likeness (QED) is 0.0289. The standard InChI is InChI=1S/C40H71O8P/c1-3-5-7-9-11-13-15-17-19-20-21-23-25-27-29-31-33-35-40(42)48-38(37-47-49(43,44)45)36-46-39(41)34-32-30-28-26-24-22-18-16-14-12-10-8-6-4-2/h10-13,16-19,38H,3-9,14-15,20-37H2,1-2H3,(H2,43,44,45)/b12-10+,13-11+,18-16+,19-17+/t38-/m1/s1. The third kappa shape index (κ3) is 38.7. The summed E-state index contributed by atoms with van der Waals surface area (Å²) in [6.07, 6.45) is 42.5. The number of rotatable bonds is 35. The molecular formula is C40H71O8P. The van der Waals surface area contributed by atoms with E-state index in [2.05, 4.69) is 67.0 Å². The molecule has 0 saturated heterocycles. The first-order valence-corrected chi connectivity index (χ1v) is 21.0. The molecular weight excluding hydrogens is 639 g/mol. The Morgan fingerprint density at radius 2 is 0.939 bits per heavy atom. The number of hydrogen-bond donors (Lipinski definition) is 2. The van der Waals surface area contributed by atoms with Crippen LogP contribution in [0.2, 0.25) is 0 Å². The number of allylic oxidation sites excluding steroid dienone is 8. The van der Waals surface area contributed by atoms with Gasteiger partial charge >= 0.3 is 19.8 Å². The summed E-state index contributed by atoms with van der Waals surface area (Å²) in [6.45, 7) is 3.59. The fraction of sp³-hybridized carbons (Fsp3) is 0.750. The number of hydrogen-bond acceptors (Lipinski definition) is 6. The first kappa shape index (κ1) is 47.0. The highest BCUT2D eigenvalue weighted by molar-refractivity contribution is 7.46. The molecule has 284 valence electrons. The summed E-state index contributed by atoms with van der Waals surface area (Å²) in [5.74, 6) is -0.912. The lowest BCUT2D eigenvalue weighted by atomic mass is 10.1. The van der Waals surface area contributed by atoms with E-state index in [1.54, 1.807) is 0 Å². The van der Waals surface area contributed by atoms with Crippen molar-refractivity contribution in [3.63, 3.8) is 0 Å². The average molecular weight is 711 g/mol. The summed E-state index contributed by atoms with van der Waals surface area (Å²) in [6, 6.07) is 0. The van der Waals surface area contributed by atoms with Gasteiger partial charge in [0.25, 0.3) is 0 Å². The molecule has 0 bridgehead atoms. The molecule has 8 nitrogen and oxygen atoms in total. The lowest BCUT2D eigenvalue weighted by molar-refractivity contribution is -0.161. The molecule has 1 atom stereocenters. The minimum absolute atomic E-state index is 0.199. The van der Waals surface area contributed by atoms with E-state index in [9.17, 15) is 14.2 Å². The number of ether oxygens (including phenoxy) is 2. The average Bonchev–Trinajstić information content (AvgIpc) is 3.07. The van der Waals surface area contributed by atoms with E-state index in [4.69, 9.17) is 19.3 Å². The first-order valence-electron chi connectivity index (χ1n) is 19.4. The number of phosphoric acid groups is 1. The molecule has 0 fully saturated rings. The molecule has 0 unspecified atom stereocenters. The molecule has 0 amide bonds. The van der Waals surface area contributed by atoms with E-state index < -0.39 is 32.5 Å². The zero-order valence-electron chi connectivity index (χ0n) is 31.1. The molecule has 0 rings (SSSR count). The van der Waals surface area contributed by atoms with Crippen LogP contribution in [0.15, 0.2) is 48.6 Å². The van der Waals surface area contributed by atoms with E-state index in [-0.39, 0.29) is 19.4 Å². The fourth-order valence-corrected chi connectivity index (χ4v) is 5.48. The van der Waals surface area contributed by atoms with Crippen molar-refractivity contribution in [2.75, 3.05) is 13.2 Å². The Kier molecular flexibility index (Phi) is 34.4. The van der Waals surface area contributed by atoms with Gasteiger partial charge in [-0.1, -0.05) is 140 Å². The zero-order chi connectivity index (χ0) is 36.1. The number of carbonyl (C=O) groups is 2. The smallest absolute Gasteiger partial charge is 0.462 e. The van der Waals surface area contributed by atoms with Crippen LogP contribution < -0.4 is 0 Å². The Bertz CT molecular complexity index is 937. The van der Waals surface area contributed by atoms with Crippen molar-refractivity contribution in [3.8, 4) is 0 Å². The summed E-state index contributed by atoms with van der Waals surface area (Å²) in [5, 5.41) is 0. The van der Waals surface area contributed by atoms with E-state index in [1.807, 2.05) is 0 Å². The molecule has 2 N–H and O–H groups in total. The Balaban J connectivity index is 3.99. The third-order valence-corrected chi connectivity index (χ3v) is 8.56. The minimum Gasteiger partial charge on any atom is -0.462 e. The molecule has 0 aliphatic carbocycles. The van der Waals surface area contributed by atoms with Crippen molar-refractivity contribution in [2.24, 2.45) is 0 Å². The van der Waals surface area contributed by atoms with Gasteiger partial charge in [0, 0.05) is 12.8 Å². The van der Waals surface area contributed by atoms with Gasteiger partial charge in [-0.3, -0.25) is 14.1 Å². The molecule has 0 aromatic carbocycles. The van der Waals surface area contributed by atoms with Crippen LogP contribution in [0.5, 0.6) is 0 Å². The fourth-order valence-electron chi connectivity index (χ4n) is 5.12. The highest BCUT2D eigenvalue weighted by Gasteiger charge is 2.22. The molecule has 0 aromatic rings. The van der Waals surface area contributed by atoms with Crippen LogP contribution in [0.4, 0.5) is 0 Å². The molecule has 0 radical (unpaired) electrons. The number of unbranched alkanes of at least 4 members (excludes halogenated alkanes) is 17. The number of phosphoric ester groups is 1. The largest absolute Gasteiger partial charge is 0.469 e. The monoisotopic (exact) mass is 710 g/mol. The van der Waals surface area contributed by atoms with Gasteiger partial charge in [0.15, 0.2) is 6.10 Å². The van der Waals surface area contributed by atoms with Crippen molar-refractivity contribution in [1.82, 2.24) is 0 Å². The molecule has 0 aliphatic rings. The van der Waals surface area contributed by atoms with E-state index in [0.29, 0.717) is 12.8 Å². The van der Waals surface area contributed by atoms with Gasteiger partial charge in [-0.15, -0.1) is 0 Å². The molecule has 49 heavy (non-hydrogen) atoms.